The molecule has 1 fully saturated rings. The second-order valence-corrected chi connectivity index (χ2v) is 8.00. The second-order valence-electron chi connectivity index (χ2n) is 6.35. The van der Waals surface area contributed by atoms with Crippen molar-refractivity contribution in [3.05, 3.63) is 11.4 Å². The van der Waals surface area contributed by atoms with Crippen molar-refractivity contribution in [3.8, 4) is 0 Å². The quantitative estimate of drug-likeness (QED) is 0.551. The summed E-state index contributed by atoms with van der Waals surface area (Å²) in [5, 5.41) is 10.2. The van der Waals surface area contributed by atoms with Crippen LogP contribution in [0, 0.1) is 13.8 Å². The summed E-state index contributed by atoms with van der Waals surface area (Å²) in [4.78, 5) is 14.6. The van der Waals surface area contributed by atoms with E-state index in [1.807, 2.05) is 0 Å². The summed E-state index contributed by atoms with van der Waals surface area (Å²) in [5.74, 6) is -0.335. The van der Waals surface area contributed by atoms with Crippen LogP contribution in [0.15, 0.2) is 4.90 Å². The molecule has 2 heterocycles. The molecule has 0 aromatic carbocycles. The lowest BCUT2D eigenvalue weighted by Gasteiger charge is -2.27. The normalized spacial score (nSPS) is 17.4. The molecule has 3 N–H and O–H groups in total. The first kappa shape index (κ1) is 19.8. The molecule has 1 unspecified atom stereocenters. The molecule has 0 saturated carbocycles. The van der Waals surface area contributed by atoms with Crippen LogP contribution in [0.5, 0.6) is 0 Å². The average Bonchev–Trinajstić information content (AvgIpc) is 2.80. The highest BCUT2D eigenvalue weighted by molar-refractivity contribution is 7.89. The Kier molecular flexibility index (Phi) is 6.55. The van der Waals surface area contributed by atoms with E-state index in [1.54, 1.807) is 27.8 Å². The van der Waals surface area contributed by atoms with Crippen molar-refractivity contribution in [1.82, 2.24) is 30.0 Å². The second kappa shape index (κ2) is 8.26. The third kappa shape index (κ3) is 5.00. The van der Waals surface area contributed by atoms with Gasteiger partial charge in [0.2, 0.25) is 15.9 Å². The molecule has 1 aromatic rings. The number of amides is 1. The number of aryl methyl sites for hydroxylation is 2. The number of piperazine rings is 1. The Morgan fingerprint density at radius 2 is 1.96 bits per heavy atom. The number of carbonyl (C=O) groups is 1. The van der Waals surface area contributed by atoms with Crippen LogP contribution in [0.1, 0.15) is 18.3 Å². The predicted octanol–water partition coefficient (Wildman–Crippen LogP) is -1.27. The lowest BCUT2D eigenvalue weighted by molar-refractivity contribution is -0.122. The molecule has 0 aliphatic carbocycles. The van der Waals surface area contributed by atoms with E-state index in [9.17, 15) is 13.2 Å². The van der Waals surface area contributed by atoms with E-state index in [0.717, 1.165) is 32.7 Å². The van der Waals surface area contributed by atoms with Crippen LogP contribution in [0.4, 0.5) is 0 Å². The minimum atomic E-state index is -3.80. The first-order valence-corrected chi connectivity index (χ1v) is 9.94. The summed E-state index contributed by atoms with van der Waals surface area (Å²) in [6, 6.07) is -0.855. The highest BCUT2D eigenvalue weighted by atomic mass is 32.2. The SMILES string of the molecule is Cc1nn(C)c(C)c1S(=O)(=O)NC(C)C(=O)NCCN1CCNCC1. The van der Waals surface area contributed by atoms with Crippen LogP contribution >= 0.6 is 0 Å². The Morgan fingerprint density at radius 3 is 2.52 bits per heavy atom. The van der Waals surface area contributed by atoms with Crippen molar-refractivity contribution in [2.24, 2.45) is 7.05 Å². The van der Waals surface area contributed by atoms with Gasteiger partial charge in [-0.05, 0) is 20.8 Å². The third-order valence-corrected chi connectivity index (χ3v) is 6.17. The summed E-state index contributed by atoms with van der Waals surface area (Å²) in [5.41, 5.74) is 0.954. The molecule has 142 valence electrons. The van der Waals surface area contributed by atoms with Crippen LogP contribution in [-0.2, 0) is 21.9 Å². The van der Waals surface area contributed by atoms with Gasteiger partial charge in [0.05, 0.1) is 17.4 Å². The maximum absolute atomic E-state index is 12.6. The molecule has 0 spiro atoms. The predicted molar refractivity (Wildman–Crippen MR) is 94.8 cm³/mol. The average molecular weight is 372 g/mol. The highest BCUT2D eigenvalue weighted by Crippen LogP contribution is 2.18. The van der Waals surface area contributed by atoms with Crippen molar-refractivity contribution in [2.75, 3.05) is 39.3 Å². The standard InChI is InChI=1S/C15H28N6O3S/c1-11-14(13(3)20(4)18-11)25(23,24)19-12(2)15(22)17-7-10-21-8-5-16-6-9-21/h12,16,19H,5-10H2,1-4H3,(H,17,22). The van der Waals surface area contributed by atoms with Crippen LogP contribution in [0.2, 0.25) is 0 Å². The zero-order valence-corrected chi connectivity index (χ0v) is 16.1. The molecule has 0 bridgehead atoms. The van der Waals surface area contributed by atoms with Gasteiger partial charge in [0.1, 0.15) is 4.90 Å². The highest BCUT2D eigenvalue weighted by Gasteiger charge is 2.27. The molecule has 10 heteroatoms. The molecule has 1 aliphatic heterocycles. The van der Waals surface area contributed by atoms with Crippen LogP contribution in [-0.4, -0.2) is 74.3 Å². The number of nitrogens with one attached hydrogen (secondary N) is 3. The van der Waals surface area contributed by atoms with Gasteiger partial charge in [-0.1, -0.05) is 0 Å². The fraction of sp³-hybridized carbons (Fsp3) is 0.733. The van der Waals surface area contributed by atoms with Gasteiger partial charge in [-0.25, -0.2) is 8.42 Å². The third-order valence-electron chi connectivity index (χ3n) is 4.37. The molecular formula is C15H28N6O3S. The summed E-state index contributed by atoms with van der Waals surface area (Å²) >= 11 is 0. The monoisotopic (exact) mass is 372 g/mol. The van der Waals surface area contributed by atoms with Crippen molar-refractivity contribution in [1.29, 1.82) is 0 Å². The van der Waals surface area contributed by atoms with E-state index in [4.69, 9.17) is 0 Å². The van der Waals surface area contributed by atoms with E-state index in [0.29, 0.717) is 17.9 Å². The number of aromatic nitrogens is 2. The Labute approximate surface area is 149 Å². The molecule has 2 rings (SSSR count). The van der Waals surface area contributed by atoms with E-state index in [2.05, 4.69) is 25.4 Å². The molecule has 1 atom stereocenters. The maximum atomic E-state index is 12.6. The Hall–Kier alpha value is -1.49. The lowest BCUT2D eigenvalue weighted by Crippen LogP contribution is -2.49. The summed E-state index contributed by atoms with van der Waals surface area (Å²) in [6.45, 7) is 9.94. The van der Waals surface area contributed by atoms with Crippen molar-refractivity contribution < 1.29 is 13.2 Å². The van der Waals surface area contributed by atoms with Gasteiger partial charge in [0, 0.05) is 46.3 Å². The Morgan fingerprint density at radius 1 is 1.32 bits per heavy atom. The molecule has 9 nitrogen and oxygen atoms in total. The van der Waals surface area contributed by atoms with Gasteiger partial charge in [-0.2, -0.15) is 9.82 Å². The van der Waals surface area contributed by atoms with Gasteiger partial charge < -0.3 is 10.6 Å². The molecule has 1 aliphatic rings. The van der Waals surface area contributed by atoms with Gasteiger partial charge in [0.15, 0.2) is 0 Å². The first-order valence-electron chi connectivity index (χ1n) is 8.45. The van der Waals surface area contributed by atoms with Crippen molar-refractivity contribution >= 4 is 15.9 Å². The zero-order chi connectivity index (χ0) is 18.6. The van der Waals surface area contributed by atoms with Crippen molar-refractivity contribution in [2.45, 2.75) is 31.7 Å². The molecule has 25 heavy (non-hydrogen) atoms. The minimum Gasteiger partial charge on any atom is -0.353 e. The summed E-state index contributed by atoms with van der Waals surface area (Å²) < 4.78 is 29.1. The number of rotatable bonds is 7. The van der Waals surface area contributed by atoms with E-state index >= 15 is 0 Å². The minimum absolute atomic E-state index is 0.135. The number of nitrogens with zero attached hydrogens (tertiary/aromatic N) is 3. The maximum Gasteiger partial charge on any atom is 0.244 e. The lowest BCUT2D eigenvalue weighted by atomic mass is 10.3. The zero-order valence-electron chi connectivity index (χ0n) is 15.3. The fourth-order valence-electron chi connectivity index (χ4n) is 2.91. The smallest absolute Gasteiger partial charge is 0.244 e. The number of sulfonamides is 1. The van der Waals surface area contributed by atoms with Gasteiger partial charge in [0.25, 0.3) is 0 Å². The van der Waals surface area contributed by atoms with E-state index < -0.39 is 16.1 Å². The van der Waals surface area contributed by atoms with Crippen LogP contribution in [0.25, 0.3) is 0 Å². The Balaban J connectivity index is 1.89. The van der Waals surface area contributed by atoms with Crippen molar-refractivity contribution in [3.63, 3.8) is 0 Å². The van der Waals surface area contributed by atoms with E-state index in [1.165, 1.54) is 4.68 Å². The van der Waals surface area contributed by atoms with Gasteiger partial charge >= 0.3 is 0 Å². The molecule has 1 aromatic heterocycles. The Bertz CT molecular complexity index is 709. The summed E-state index contributed by atoms with van der Waals surface area (Å²) in [6.07, 6.45) is 0. The number of hydrogen-bond acceptors (Lipinski definition) is 6. The molecule has 1 amide bonds. The number of hydrogen-bond donors (Lipinski definition) is 3. The summed E-state index contributed by atoms with van der Waals surface area (Å²) in [7, 11) is -2.12. The van der Waals surface area contributed by atoms with E-state index in [-0.39, 0.29) is 10.8 Å². The van der Waals surface area contributed by atoms with Gasteiger partial charge in [-0.3, -0.25) is 14.4 Å². The number of carbonyl (C=O) groups excluding carboxylic acids is 1. The van der Waals surface area contributed by atoms with Gasteiger partial charge in [-0.15, -0.1) is 0 Å². The largest absolute Gasteiger partial charge is 0.353 e. The first-order chi connectivity index (χ1) is 11.7. The molecular weight excluding hydrogens is 344 g/mol. The van der Waals surface area contributed by atoms with Crippen LogP contribution in [0.3, 0.4) is 0 Å². The molecule has 0 radical (unpaired) electrons. The fourth-order valence-corrected chi connectivity index (χ4v) is 4.55. The topological polar surface area (TPSA) is 108 Å². The van der Waals surface area contributed by atoms with Crippen LogP contribution < -0.4 is 15.4 Å². The molecule has 1 saturated heterocycles.